The number of amidine groups is 3. The molecule has 1 fully saturated rings. The first-order valence-electron chi connectivity index (χ1n) is 30.3. The lowest BCUT2D eigenvalue weighted by molar-refractivity contribution is 0.100. The zero-order valence-corrected chi connectivity index (χ0v) is 56.6. The Kier molecular flexibility index (Phi) is 23.9. The van der Waals surface area contributed by atoms with Crippen molar-refractivity contribution in [1.29, 1.82) is 10.8 Å². The molecule has 0 aliphatic carbocycles. The van der Waals surface area contributed by atoms with Crippen LogP contribution in [0.5, 0.6) is 17.2 Å². The molecule has 0 bridgehead atoms. The fourth-order valence-corrected chi connectivity index (χ4v) is 10.1. The molecule has 11 rings (SSSR count). The summed E-state index contributed by atoms with van der Waals surface area (Å²) in [7, 11) is 9.60. The normalized spacial score (nSPS) is 11.8. The van der Waals surface area contributed by atoms with Crippen molar-refractivity contribution in [3.8, 4) is 17.2 Å². The van der Waals surface area contributed by atoms with Crippen molar-refractivity contribution in [2.75, 3.05) is 101 Å². The van der Waals surface area contributed by atoms with Gasteiger partial charge in [-0.2, -0.15) is 0 Å². The second-order valence-corrected chi connectivity index (χ2v) is 23.6. The van der Waals surface area contributed by atoms with E-state index in [4.69, 9.17) is 59.8 Å². The molecule has 9 aromatic rings. The van der Waals surface area contributed by atoms with Crippen LogP contribution in [-0.2, 0) is 0 Å². The highest BCUT2D eigenvalue weighted by atomic mass is 35.5. The van der Waals surface area contributed by atoms with Crippen LogP contribution in [0.3, 0.4) is 0 Å². The van der Waals surface area contributed by atoms with E-state index in [1.807, 2.05) is 11.9 Å². The van der Waals surface area contributed by atoms with Crippen molar-refractivity contribution in [2.24, 2.45) is 4.99 Å². The second-order valence-electron chi connectivity index (χ2n) is 22.3. The van der Waals surface area contributed by atoms with Gasteiger partial charge in [-0.3, -0.25) is 44.6 Å². The molecule has 2 heterocycles. The summed E-state index contributed by atoms with van der Waals surface area (Å²) in [6.07, 6.45) is 0. The molecule has 0 saturated carbocycles. The van der Waals surface area contributed by atoms with E-state index in [0.29, 0.717) is 78.4 Å². The number of benzene rings is 9. The number of amides is 6. The number of rotatable bonds is 18. The van der Waals surface area contributed by atoms with Gasteiger partial charge >= 0.3 is 0 Å². The predicted octanol–water partition coefficient (Wildman–Crippen LogP) is 14.2. The van der Waals surface area contributed by atoms with Crippen LogP contribution in [0.15, 0.2) is 187 Å². The molecular formula is C73H64Cl3F3N12O9. The number of nitrogens with zero attached hydrogens (tertiary/aromatic N) is 4. The Morgan fingerprint density at radius 1 is 0.430 bits per heavy atom. The standard InChI is InChI=1S/C25H22ClFN4O3.C24H20ClFN4O3.C24H22ClFN4O3/c1-31-12-11-28-23(31)15-3-9-19(21(27)13-15)24(32)30-22-10-8-18(34-2)14-20(22)25(33)29-17-6-4-16(26)5-7-17;1-33-17-7-9-21(19(13-17)24(32)28-16-5-3-15(25)4-6-16)29-23(31)18-8-2-14(12-20(18)26)22(27)30-10-11-30;1-30(2)22(27)14-4-10-18(20(26)12-14)23(31)29-21-11-9-17(33-3)13-19(21)24(32)28-16-7-5-15(25)6-8-16/h3-10,13-14H,11-12H2,1-2H3,(H,29,33)(H,30,32);2-9,12-13,27H,10-11H2,1H3,(H,28,32)(H,29,31);4-13,27H,1-3H3,(H,28,32)(H,29,31). The third-order valence-electron chi connectivity index (χ3n) is 15.2. The quantitative estimate of drug-likeness (QED) is 0.0226. The molecule has 0 radical (unpaired) electrons. The average molecular weight is 1420 g/mol. The number of nitrogens with one attached hydrogen (secondary N) is 8. The molecule has 512 valence electrons. The molecule has 1 saturated heterocycles. The molecule has 0 aromatic heterocycles. The Bertz CT molecular complexity index is 4470. The topological polar surface area (TPSA) is 272 Å². The number of methoxy groups -OCH3 is 3. The maximum atomic E-state index is 14.8. The predicted molar refractivity (Wildman–Crippen MR) is 383 cm³/mol. The zero-order chi connectivity index (χ0) is 71.9. The zero-order valence-electron chi connectivity index (χ0n) is 54.4. The van der Waals surface area contributed by atoms with Gasteiger partial charge in [0.1, 0.15) is 52.2 Å². The van der Waals surface area contributed by atoms with Gasteiger partial charge in [-0.05, 0) is 164 Å². The largest absolute Gasteiger partial charge is 0.497 e. The number of carbonyl (C=O) groups excluding carboxylic acids is 6. The molecule has 27 heteroatoms. The van der Waals surface area contributed by atoms with E-state index in [-0.39, 0.29) is 62.1 Å². The third-order valence-corrected chi connectivity index (χ3v) is 15.9. The van der Waals surface area contributed by atoms with Gasteiger partial charge in [0.15, 0.2) is 0 Å². The van der Waals surface area contributed by atoms with Crippen molar-refractivity contribution in [3.05, 3.63) is 265 Å². The number of halogens is 6. The minimum atomic E-state index is -0.780. The van der Waals surface area contributed by atoms with Crippen LogP contribution in [0, 0.1) is 28.3 Å². The van der Waals surface area contributed by atoms with E-state index in [1.165, 1.54) is 99.0 Å². The first-order chi connectivity index (χ1) is 47.9. The van der Waals surface area contributed by atoms with E-state index in [0.717, 1.165) is 31.8 Å². The first kappa shape index (κ1) is 72.5. The summed E-state index contributed by atoms with van der Waals surface area (Å²) in [5, 5.41) is 33.6. The van der Waals surface area contributed by atoms with Gasteiger partial charge in [-0.15, -0.1) is 0 Å². The van der Waals surface area contributed by atoms with Gasteiger partial charge in [-0.1, -0.05) is 53.0 Å². The molecule has 6 amide bonds. The number of carbonyl (C=O) groups is 6. The fourth-order valence-electron chi connectivity index (χ4n) is 9.70. The van der Waals surface area contributed by atoms with E-state index in [1.54, 1.807) is 116 Å². The highest BCUT2D eigenvalue weighted by molar-refractivity contribution is 6.31. The van der Waals surface area contributed by atoms with Crippen LogP contribution < -0.4 is 46.1 Å². The molecule has 2 aliphatic rings. The molecule has 9 aromatic carbocycles. The minimum Gasteiger partial charge on any atom is -0.497 e. The minimum absolute atomic E-state index is 0.108. The fraction of sp³-hybridized carbons (Fsp3) is 0.137. The Morgan fingerprint density at radius 3 is 1.09 bits per heavy atom. The Morgan fingerprint density at radius 2 is 0.770 bits per heavy atom. The Labute approximate surface area is 587 Å². The van der Waals surface area contributed by atoms with E-state index in [2.05, 4.69) is 36.9 Å². The van der Waals surface area contributed by atoms with Crippen LogP contribution in [0.25, 0.3) is 0 Å². The van der Waals surface area contributed by atoms with Crippen molar-refractivity contribution in [1.82, 2.24) is 14.7 Å². The lowest BCUT2D eigenvalue weighted by Gasteiger charge is -2.15. The summed E-state index contributed by atoms with van der Waals surface area (Å²) in [5.74, 6) is -3.56. The van der Waals surface area contributed by atoms with Crippen molar-refractivity contribution < 1.29 is 56.1 Å². The molecule has 0 spiro atoms. The van der Waals surface area contributed by atoms with Gasteiger partial charge < -0.3 is 60.8 Å². The van der Waals surface area contributed by atoms with Crippen LogP contribution >= 0.6 is 34.8 Å². The molecule has 100 heavy (non-hydrogen) atoms. The van der Waals surface area contributed by atoms with Gasteiger partial charge in [-0.25, -0.2) is 13.2 Å². The van der Waals surface area contributed by atoms with E-state index >= 15 is 0 Å². The van der Waals surface area contributed by atoms with Crippen molar-refractivity contribution in [2.45, 2.75) is 0 Å². The van der Waals surface area contributed by atoms with Crippen LogP contribution in [0.2, 0.25) is 15.1 Å². The van der Waals surface area contributed by atoms with Crippen LogP contribution in [-0.4, -0.2) is 136 Å². The highest BCUT2D eigenvalue weighted by Crippen LogP contribution is 2.30. The summed E-state index contributed by atoms with van der Waals surface area (Å²) in [4.78, 5) is 86.8. The summed E-state index contributed by atoms with van der Waals surface area (Å²) in [6.45, 7) is 2.94. The van der Waals surface area contributed by atoms with Gasteiger partial charge in [0.25, 0.3) is 35.4 Å². The summed E-state index contributed by atoms with van der Waals surface area (Å²) >= 11 is 17.7. The summed E-state index contributed by atoms with van der Waals surface area (Å²) < 4.78 is 59.8. The van der Waals surface area contributed by atoms with Gasteiger partial charge in [0.2, 0.25) is 0 Å². The number of hydrogen-bond acceptors (Lipinski definition) is 13. The lowest BCUT2D eigenvalue weighted by atomic mass is 10.1. The lowest BCUT2D eigenvalue weighted by Crippen LogP contribution is -2.24. The first-order valence-corrected chi connectivity index (χ1v) is 31.5. The SMILES string of the molecule is COc1ccc(NC(=O)c2ccc(C(=N)N(C)C)cc2F)c(C(=O)Nc2ccc(Cl)cc2)c1.COc1ccc(NC(=O)c2ccc(C(=N)N3CC3)cc2F)c(C(=O)Nc2ccc(Cl)cc2)c1.COc1ccc(NC(=O)c2ccc(C3=NCCN3C)cc2F)c(C(=O)Nc2ccc(Cl)cc2)c1. The Balaban J connectivity index is 0.000000175. The molecule has 8 N–H and O–H groups in total. The molecule has 21 nitrogen and oxygen atoms in total. The highest BCUT2D eigenvalue weighted by Gasteiger charge is 2.26. The molecule has 0 unspecified atom stereocenters. The van der Waals surface area contributed by atoms with Crippen LogP contribution in [0.4, 0.5) is 47.3 Å². The molecule has 0 atom stereocenters. The van der Waals surface area contributed by atoms with E-state index < -0.39 is 52.9 Å². The Hall–Kier alpha value is -11.7. The second kappa shape index (κ2) is 33.0. The number of likely N-dealkylation sites (N-methyl/N-ethyl adjacent to an activating group) is 1. The monoisotopic (exact) mass is 1410 g/mol. The number of ether oxygens (including phenoxy) is 3. The van der Waals surface area contributed by atoms with Crippen LogP contribution in [0.1, 0.15) is 78.8 Å². The number of anilines is 6. The van der Waals surface area contributed by atoms with Gasteiger partial charge in [0.05, 0.1) is 78.3 Å². The van der Waals surface area contributed by atoms with E-state index in [9.17, 15) is 41.9 Å². The summed E-state index contributed by atoms with van der Waals surface area (Å²) in [6, 6.07) is 45.7. The maximum absolute atomic E-state index is 14.8. The molecular weight excluding hydrogens is 1350 g/mol. The molecule has 2 aliphatic heterocycles. The number of aliphatic imine (C=N–C) groups is 1. The number of hydrogen-bond donors (Lipinski definition) is 8. The van der Waals surface area contributed by atoms with Gasteiger partial charge in [0, 0.05) is 89.6 Å². The maximum Gasteiger partial charge on any atom is 0.258 e. The average Bonchev–Trinajstić information content (AvgIpc) is 1.28. The van der Waals surface area contributed by atoms with Crippen molar-refractivity contribution in [3.63, 3.8) is 0 Å². The van der Waals surface area contributed by atoms with Crippen molar-refractivity contribution >= 4 is 122 Å². The third kappa shape index (κ3) is 18.7. The summed E-state index contributed by atoms with van der Waals surface area (Å²) in [5.41, 5.74) is 3.31. The smallest absolute Gasteiger partial charge is 0.258 e.